The Morgan fingerprint density at radius 1 is 1.27 bits per heavy atom. The number of carbonyl (C=O) groups is 1. The molecule has 0 aliphatic carbocycles. The van der Waals surface area contributed by atoms with Gasteiger partial charge in [0.15, 0.2) is 0 Å². The van der Waals surface area contributed by atoms with Crippen LogP contribution in [0.3, 0.4) is 0 Å². The number of nitrogens with one attached hydrogen (secondary N) is 1. The van der Waals surface area contributed by atoms with E-state index in [1.54, 1.807) is 7.05 Å². The number of hydrogen-bond donors (Lipinski definition) is 1. The van der Waals surface area contributed by atoms with E-state index in [1.165, 1.54) is 20.5 Å². The molecular weight excluding hydrogens is 302 g/mol. The molecule has 0 radical (unpaired) electrons. The topological polar surface area (TPSA) is 81.8 Å². The molecule has 1 N–H and O–H groups in total. The largest absolute Gasteiger partial charge is 0.329 e. The van der Waals surface area contributed by atoms with Crippen molar-refractivity contribution < 1.29 is 4.79 Å². The van der Waals surface area contributed by atoms with Crippen molar-refractivity contribution in [1.82, 2.24) is 19.3 Å². The molecule has 3 aromatic rings. The van der Waals surface area contributed by atoms with Gasteiger partial charge in [0, 0.05) is 7.05 Å². The summed E-state index contributed by atoms with van der Waals surface area (Å²) < 4.78 is 2.98. The first kappa shape index (κ1) is 14.5. The maximum absolute atomic E-state index is 12.2. The zero-order chi connectivity index (χ0) is 15.7. The summed E-state index contributed by atoms with van der Waals surface area (Å²) >= 11 is 1.34. The second-order valence-electron chi connectivity index (χ2n) is 4.82. The van der Waals surface area contributed by atoms with Gasteiger partial charge in [-0.25, -0.2) is 4.79 Å². The molecule has 1 amide bonds. The Morgan fingerprint density at radius 2 is 2.00 bits per heavy atom. The average molecular weight is 317 g/mol. The number of nitrogens with zero attached hydrogens (tertiary/aromatic N) is 4. The van der Waals surface area contributed by atoms with E-state index in [4.69, 9.17) is 0 Å². The first-order valence-corrected chi connectivity index (χ1v) is 7.68. The number of rotatable bonds is 4. The molecule has 0 aliphatic rings. The quantitative estimate of drug-likeness (QED) is 0.788. The lowest BCUT2D eigenvalue weighted by atomic mass is 10.3. The van der Waals surface area contributed by atoms with Crippen LogP contribution in [0.15, 0.2) is 29.1 Å². The summed E-state index contributed by atoms with van der Waals surface area (Å²) in [4.78, 5) is 24.4. The first-order chi connectivity index (χ1) is 10.6. The van der Waals surface area contributed by atoms with Crippen molar-refractivity contribution in [2.24, 2.45) is 7.05 Å². The molecule has 0 bridgehead atoms. The number of imidazole rings is 1. The van der Waals surface area contributed by atoms with E-state index in [1.807, 2.05) is 31.2 Å². The standard InChI is InChI=1S/C14H15N5O2S/c1-3-12-16-17-13(22-12)15-11(20)8-19-10-7-5-4-6-9(10)18(2)14(19)21/h4-7H,3,8H2,1-2H3,(H,15,17,20). The number of anilines is 1. The lowest BCUT2D eigenvalue weighted by Gasteiger charge is -2.02. The molecule has 0 fully saturated rings. The summed E-state index contributed by atoms with van der Waals surface area (Å²) in [6.07, 6.45) is 0.774. The summed E-state index contributed by atoms with van der Waals surface area (Å²) in [5.41, 5.74) is 1.31. The molecule has 7 nitrogen and oxygen atoms in total. The van der Waals surface area contributed by atoms with Crippen molar-refractivity contribution in [2.45, 2.75) is 19.9 Å². The molecule has 0 atom stereocenters. The molecule has 2 aromatic heterocycles. The van der Waals surface area contributed by atoms with Gasteiger partial charge >= 0.3 is 5.69 Å². The molecular formula is C14H15N5O2S. The Kier molecular flexibility index (Phi) is 3.76. The van der Waals surface area contributed by atoms with Gasteiger partial charge in [0.25, 0.3) is 0 Å². The zero-order valence-corrected chi connectivity index (χ0v) is 13.1. The lowest BCUT2D eigenvalue weighted by molar-refractivity contribution is -0.116. The normalized spacial score (nSPS) is 11.0. The van der Waals surface area contributed by atoms with E-state index >= 15 is 0 Å². The van der Waals surface area contributed by atoms with Crippen molar-refractivity contribution in [3.05, 3.63) is 39.8 Å². The molecule has 22 heavy (non-hydrogen) atoms. The minimum atomic E-state index is -0.294. The number of aromatic nitrogens is 4. The molecule has 8 heteroatoms. The number of fused-ring (bicyclic) bond motifs is 1. The predicted octanol–water partition coefficient (Wildman–Crippen LogP) is 1.39. The highest BCUT2D eigenvalue weighted by Crippen LogP contribution is 2.16. The van der Waals surface area contributed by atoms with Gasteiger partial charge in [-0.3, -0.25) is 19.2 Å². The van der Waals surface area contributed by atoms with Gasteiger partial charge in [-0.05, 0) is 18.6 Å². The Balaban J connectivity index is 1.85. The smallest absolute Gasteiger partial charge is 0.299 e. The van der Waals surface area contributed by atoms with E-state index in [0.717, 1.165) is 22.5 Å². The predicted molar refractivity (Wildman–Crippen MR) is 85.1 cm³/mol. The van der Waals surface area contributed by atoms with Gasteiger partial charge in [-0.15, -0.1) is 10.2 Å². The molecule has 114 valence electrons. The fraction of sp³-hybridized carbons (Fsp3) is 0.286. The van der Waals surface area contributed by atoms with E-state index in [-0.39, 0.29) is 18.1 Å². The number of benzene rings is 1. The molecule has 0 saturated carbocycles. The van der Waals surface area contributed by atoms with Crippen LogP contribution in [0.4, 0.5) is 5.13 Å². The van der Waals surface area contributed by atoms with Gasteiger partial charge in [0.1, 0.15) is 11.6 Å². The molecule has 0 aliphatic heterocycles. The van der Waals surface area contributed by atoms with Gasteiger partial charge in [-0.1, -0.05) is 30.4 Å². The molecule has 0 unspecified atom stereocenters. The summed E-state index contributed by atoms with van der Waals surface area (Å²) in [5.74, 6) is -0.294. The Morgan fingerprint density at radius 3 is 2.68 bits per heavy atom. The molecule has 3 rings (SSSR count). The first-order valence-electron chi connectivity index (χ1n) is 6.86. The third-order valence-electron chi connectivity index (χ3n) is 3.37. The van der Waals surface area contributed by atoms with Crippen LogP contribution in [-0.4, -0.2) is 25.2 Å². The van der Waals surface area contributed by atoms with Crippen LogP contribution < -0.4 is 11.0 Å². The van der Waals surface area contributed by atoms with Crippen LogP contribution in [0.5, 0.6) is 0 Å². The molecule has 0 saturated heterocycles. The fourth-order valence-corrected chi connectivity index (χ4v) is 2.96. The number of hydrogen-bond acceptors (Lipinski definition) is 5. The van der Waals surface area contributed by atoms with Gasteiger partial charge < -0.3 is 0 Å². The highest BCUT2D eigenvalue weighted by atomic mass is 32.1. The van der Waals surface area contributed by atoms with Crippen LogP contribution in [0, 0.1) is 0 Å². The van der Waals surface area contributed by atoms with E-state index in [9.17, 15) is 9.59 Å². The van der Waals surface area contributed by atoms with Crippen molar-refractivity contribution in [1.29, 1.82) is 0 Å². The Bertz CT molecular complexity index is 892. The second kappa shape index (κ2) is 5.72. The summed E-state index contributed by atoms with van der Waals surface area (Å²) in [6, 6.07) is 7.38. The summed E-state index contributed by atoms with van der Waals surface area (Å²) in [6.45, 7) is 1.92. The molecule has 1 aromatic carbocycles. The SMILES string of the molecule is CCc1nnc(NC(=O)Cn2c(=O)n(C)c3ccccc32)s1. The number of para-hydroxylation sites is 2. The number of aryl methyl sites for hydroxylation is 2. The van der Waals surface area contributed by atoms with Crippen molar-refractivity contribution in [3.63, 3.8) is 0 Å². The number of amides is 1. The van der Waals surface area contributed by atoms with Crippen molar-refractivity contribution >= 4 is 33.4 Å². The minimum Gasteiger partial charge on any atom is -0.299 e. The van der Waals surface area contributed by atoms with Crippen LogP contribution in [0.25, 0.3) is 11.0 Å². The van der Waals surface area contributed by atoms with Gasteiger partial charge in [0.2, 0.25) is 11.0 Å². The summed E-state index contributed by atoms with van der Waals surface area (Å²) in [7, 11) is 1.69. The van der Waals surface area contributed by atoms with Crippen LogP contribution in [0.1, 0.15) is 11.9 Å². The van der Waals surface area contributed by atoms with Crippen LogP contribution in [-0.2, 0) is 24.8 Å². The maximum Gasteiger partial charge on any atom is 0.329 e. The van der Waals surface area contributed by atoms with E-state index in [2.05, 4.69) is 15.5 Å². The van der Waals surface area contributed by atoms with Gasteiger partial charge in [0.05, 0.1) is 11.0 Å². The lowest BCUT2D eigenvalue weighted by Crippen LogP contribution is -2.28. The Labute approximate surface area is 130 Å². The maximum atomic E-state index is 12.2. The van der Waals surface area contributed by atoms with E-state index in [0.29, 0.717) is 5.13 Å². The van der Waals surface area contributed by atoms with Crippen LogP contribution >= 0.6 is 11.3 Å². The average Bonchev–Trinajstić information content (AvgIpc) is 3.06. The van der Waals surface area contributed by atoms with Gasteiger partial charge in [-0.2, -0.15) is 0 Å². The Hall–Kier alpha value is -2.48. The number of carbonyl (C=O) groups excluding carboxylic acids is 1. The summed E-state index contributed by atoms with van der Waals surface area (Å²) in [5, 5.41) is 11.8. The third-order valence-corrected chi connectivity index (χ3v) is 4.35. The molecule has 2 heterocycles. The molecule has 0 spiro atoms. The van der Waals surface area contributed by atoms with Crippen molar-refractivity contribution in [2.75, 3.05) is 5.32 Å². The highest BCUT2D eigenvalue weighted by Gasteiger charge is 2.14. The zero-order valence-electron chi connectivity index (χ0n) is 12.2. The minimum absolute atomic E-state index is 0.0543. The van der Waals surface area contributed by atoms with E-state index < -0.39 is 0 Å². The third kappa shape index (κ3) is 2.52. The highest BCUT2D eigenvalue weighted by molar-refractivity contribution is 7.15. The van der Waals surface area contributed by atoms with Crippen LogP contribution in [0.2, 0.25) is 0 Å². The second-order valence-corrected chi connectivity index (χ2v) is 5.88. The fourth-order valence-electron chi connectivity index (χ4n) is 2.27. The monoisotopic (exact) mass is 317 g/mol. The van der Waals surface area contributed by atoms with Crippen molar-refractivity contribution in [3.8, 4) is 0 Å².